The number of nitrogens with zero attached hydrogens (tertiary/aromatic N) is 1. The van der Waals surface area contributed by atoms with Crippen LogP contribution in [0, 0.1) is 0 Å². The summed E-state index contributed by atoms with van der Waals surface area (Å²) in [5, 5.41) is 0.881. The fourth-order valence-electron chi connectivity index (χ4n) is 2.14. The Bertz CT molecular complexity index is 768. The highest BCUT2D eigenvalue weighted by Crippen LogP contribution is 2.33. The minimum Gasteiger partial charge on any atom is -0.488 e. The van der Waals surface area contributed by atoms with Gasteiger partial charge in [0.15, 0.2) is 5.75 Å². The highest BCUT2D eigenvalue weighted by molar-refractivity contribution is 7.80. The number of hydrogen-bond donors (Lipinski definition) is 1. The van der Waals surface area contributed by atoms with Crippen molar-refractivity contribution in [2.75, 3.05) is 6.61 Å². The van der Waals surface area contributed by atoms with Gasteiger partial charge in [-0.3, -0.25) is 4.98 Å². The zero-order valence-corrected chi connectivity index (χ0v) is 12.1. The van der Waals surface area contributed by atoms with Gasteiger partial charge in [-0.15, -0.1) is 0 Å². The van der Waals surface area contributed by atoms with E-state index >= 15 is 0 Å². The molecule has 0 saturated heterocycles. The van der Waals surface area contributed by atoms with E-state index in [1.54, 1.807) is 6.20 Å². The zero-order chi connectivity index (χ0) is 14.7. The van der Waals surface area contributed by atoms with Crippen molar-refractivity contribution in [1.29, 1.82) is 0 Å². The number of furan rings is 1. The van der Waals surface area contributed by atoms with Gasteiger partial charge in [-0.2, -0.15) is 0 Å². The third kappa shape index (κ3) is 2.87. The Morgan fingerprint density at radius 3 is 2.86 bits per heavy atom. The lowest BCUT2D eigenvalue weighted by atomic mass is 10.2. The molecule has 0 amide bonds. The molecule has 106 valence electrons. The van der Waals surface area contributed by atoms with Crippen LogP contribution >= 0.6 is 12.2 Å². The second-order valence-corrected chi connectivity index (χ2v) is 5.02. The number of para-hydroxylation sites is 1. The van der Waals surface area contributed by atoms with Gasteiger partial charge in [0.25, 0.3) is 0 Å². The maximum atomic E-state index is 5.87. The van der Waals surface area contributed by atoms with Crippen molar-refractivity contribution in [2.45, 2.75) is 6.42 Å². The molecule has 1 aromatic carbocycles. The molecule has 0 spiro atoms. The second kappa shape index (κ2) is 5.93. The van der Waals surface area contributed by atoms with Gasteiger partial charge >= 0.3 is 0 Å². The molecule has 2 N–H and O–H groups in total. The van der Waals surface area contributed by atoms with Crippen molar-refractivity contribution < 1.29 is 9.15 Å². The Hall–Kier alpha value is -2.40. The molecule has 0 saturated carbocycles. The van der Waals surface area contributed by atoms with E-state index in [1.165, 1.54) is 0 Å². The highest BCUT2D eigenvalue weighted by Gasteiger charge is 2.17. The van der Waals surface area contributed by atoms with Gasteiger partial charge in [-0.25, -0.2) is 0 Å². The summed E-state index contributed by atoms with van der Waals surface area (Å²) in [5.41, 5.74) is 7.54. The normalized spacial score (nSPS) is 10.7. The standard InChI is InChI=1S/C16H14N2O2S/c17-16(21)15-14(12-5-1-2-6-13(12)20-15)19-9-7-11-4-3-8-18-10-11/h1-6,8,10H,7,9H2,(H2,17,21). The van der Waals surface area contributed by atoms with E-state index < -0.39 is 0 Å². The van der Waals surface area contributed by atoms with Gasteiger partial charge in [0.2, 0.25) is 5.76 Å². The van der Waals surface area contributed by atoms with E-state index in [0.717, 1.165) is 23.0 Å². The Morgan fingerprint density at radius 1 is 1.24 bits per heavy atom. The van der Waals surface area contributed by atoms with E-state index in [4.69, 9.17) is 27.1 Å². The Morgan fingerprint density at radius 2 is 2.10 bits per heavy atom. The monoisotopic (exact) mass is 298 g/mol. The summed E-state index contributed by atoms with van der Waals surface area (Å²) >= 11 is 5.03. The van der Waals surface area contributed by atoms with Crippen LogP contribution in [0.3, 0.4) is 0 Å². The molecule has 0 aliphatic carbocycles. The van der Waals surface area contributed by atoms with Crippen LogP contribution in [0.1, 0.15) is 11.3 Å². The summed E-state index contributed by atoms with van der Waals surface area (Å²) in [5.74, 6) is 1.04. The van der Waals surface area contributed by atoms with Crippen LogP contribution in [0.25, 0.3) is 11.0 Å². The fraction of sp³-hybridized carbons (Fsp3) is 0.125. The van der Waals surface area contributed by atoms with Crippen LogP contribution in [0.5, 0.6) is 5.75 Å². The Balaban J connectivity index is 1.82. The molecule has 0 unspecified atom stereocenters. The lowest BCUT2D eigenvalue weighted by Crippen LogP contribution is -2.11. The molecular formula is C16H14N2O2S. The number of hydrogen-bond acceptors (Lipinski definition) is 4. The van der Waals surface area contributed by atoms with Crippen LogP contribution in [0.4, 0.5) is 0 Å². The minimum absolute atomic E-state index is 0.197. The van der Waals surface area contributed by atoms with Crippen LogP contribution in [-0.2, 0) is 6.42 Å². The number of ether oxygens (including phenoxy) is 1. The SMILES string of the molecule is NC(=S)c1oc2ccccc2c1OCCc1cccnc1. The molecule has 2 heterocycles. The van der Waals surface area contributed by atoms with Crippen molar-refractivity contribution >= 4 is 28.2 Å². The molecule has 0 atom stereocenters. The lowest BCUT2D eigenvalue weighted by Gasteiger charge is -2.06. The molecule has 0 fully saturated rings. The first-order chi connectivity index (χ1) is 10.3. The van der Waals surface area contributed by atoms with Crippen molar-refractivity contribution in [3.8, 4) is 5.75 Å². The Labute approximate surface area is 127 Å². The van der Waals surface area contributed by atoms with Crippen LogP contribution in [0.2, 0.25) is 0 Å². The van der Waals surface area contributed by atoms with Crippen molar-refractivity contribution in [1.82, 2.24) is 4.98 Å². The number of nitrogens with two attached hydrogens (primary N) is 1. The predicted octanol–water partition coefficient (Wildman–Crippen LogP) is 3.08. The average molecular weight is 298 g/mol. The molecule has 21 heavy (non-hydrogen) atoms. The number of fused-ring (bicyclic) bond motifs is 1. The predicted molar refractivity (Wildman–Crippen MR) is 85.5 cm³/mol. The first-order valence-electron chi connectivity index (χ1n) is 6.59. The zero-order valence-electron chi connectivity index (χ0n) is 11.3. The summed E-state index contributed by atoms with van der Waals surface area (Å²) in [6, 6.07) is 11.5. The van der Waals surface area contributed by atoms with Gasteiger partial charge in [-0.1, -0.05) is 30.4 Å². The molecule has 0 bridgehead atoms. The smallest absolute Gasteiger partial charge is 0.204 e. The number of thiocarbonyl (C=S) groups is 1. The summed E-state index contributed by atoms with van der Waals surface area (Å²) in [7, 11) is 0. The molecule has 4 nitrogen and oxygen atoms in total. The first kappa shape index (κ1) is 13.6. The molecule has 2 aromatic heterocycles. The average Bonchev–Trinajstić information content (AvgIpc) is 2.88. The second-order valence-electron chi connectivity index (χ2n) is 4.58. The number of aromatic nitrogens is 1. The summed E-state index contributed by atoms with van der Waals surface area (Å²) in [4.78, 5) is 4.28. The van der Waals surface area contributed by atoms with Gasteiger partial charge in [0, 0.05) is 18.8 Å². The van der Waals surface area contributed by atoms with Crippen molar-refractivity contribution in [2.24, 2.45) is 5.73 Å². The van der Waals surface area contributed by atoms with Gasteiger partial charge in [-0.05, 0) is 23.8 Å². The fourth-order valence-corrected chi connectivity index (χ4v) is 2.28. The molecule has 0 aliphatic rings. The molecule has 3 rings (SSSR count). The van der Waals surface area contributed by atoms with Crippen molar-refractivity contribution in [3.05, 3.63) is 60.1 Å². The molecule has 3 aromatic rings. The van der Waals surface area contributed by atoms with E-state index in [2.05, 4.69) is 4.98 Å². The molecule has 0 radical (unpaired) electrons. The van der Waals surface area contributed by atoms with Gasteiger partial charge in [0.1, 0.15) is 10.6 Å². The quantitative estimate of drug-likeness (QED) is 0.733. The van der Waals surface area contributed by atoms with Crippen molar-refractivity contribution in [3.63, 3.8) is 0 Å². The summed E-state index contributed by atoms with van der Waals surface area (Å²) < 4.78 is 11.5. The minimum atomic E-state index is 0.197. The third-order valence-corrected chi connectivity index (χ3v) is 3.32. The number of rotatable bonds is 5. The lowest BCUT2D eigenvalue weighted by molar-refractivity contribution is 0.319. The van der Waals surface area contributed by atoms with Gasteiger partial charge in [0.05, 0.1) is 12.0 Å². The molecular weight excluding hydrogens is 284 g/mol. The van der Waals surface area contributed by atoms with E-state index in [-0.39, 0.29) is 4.99 Å². The number of benzene rings is 1. The van der Waals surface area contributed by atoms with E-state index in [9.17, 15) is 0 Å². The third-order valence-electron chi connectivity index (χ3n) is 3.13. The molecule has 0 aliphatic heterocycles. The van der Waals surface area contributed by atoms with Crippen LogP contribution < -0.4 is 10.5 Å². The largest absolute Gasteiger partial charge is 0.488 e. The molecule has 5 heteroatoms. The van der Waals surface area contributed by atoms with Crippen LogP contribution in [-0.4, -0.2) is 16.6 Å². The maximum absolute atomic E-state index is 5.87. The maximum Gasteiger partial charge on any atom is 0.204 e. The summed E-state index contributed by atoms with van der Waals surface area (Å²) in [6.45, 7) is 0.505. The Kier molecular flexibility index (Phi) is 3.83. The van der Waals surface area contributed by atoms with Crippen LogP contribution in [0.15, 0.2) is 53.2 Å². The highest BCUT2D eigenvalue weighted by atomic mass is 32.1. The van der Waals surface area contributed by atoms with E-state index in [1.807, 2.05) is 42.6 Å². The topological polar surface area (TPSA) is 61.3 Å². The number of pyridine rings is 1. The first-order valence-corrected chi connectivity index (χ1v) is 6.99. The summed E-state index contributed by atoms with van der Waals surface area (Å²) in [6.07, 6.45) is 4.33. The van der Waals surface area contributed by atoms with Gasteiger partial charge < -0.3 is 14.9 Å². The van der Waals surface area contributed by atoms with E-state index in [0.29, 0.717) is 18.1 Å².